The Morgan fingerprint density at radius 1 is 1.00 bits per heavy atom. The fourth-order valence-electron chi connectivity index (χ4n) is 1.48. The third-order valence-corrected chi connectivity index (χ3v) is 2.53. The van der Waals surface area contributed by atoms with Crippen LogP contribution in [0.1, 0.15) is 44.9 Å². The summed E-state index contributed by atoms with van der Waals surface area (Å²) in [4.78, 5) is 21.6. The highest BCUT2D eigenvalue weighted by atomic mass is 16.5. The summed E-state index contributed by atoms with van der Waals surface area (Å²) in [6.07, 6.45) is 3.99. The van der Waals surface area contributed by atoms with E-state index in [0.29, 0.717) is 12.8 Å². The number of carbonyl (C=O) groups excluding carboxylic acids is 2. The zero-order valence-electron chi connectivity index (χ0n) is 10.6. The number of methoxy groups -OCH3 is 2. The SMILES string of the molecule is COC(=O)CCCCCC[C@@H](O)CC(=O)OC. The summed E-state index contributed by atoms with van der Waals surface area (Å²) in [6.45, 7) is 0. The van der Waals surface area contributed by atoms with Crippen LogP contribution in [0.15, 0.2) is 0 Å². The van der Waals surface area contributed by atoms with Gasteiger partial charge in [0.1, 0.15) is 0 Å². The van der Waals surface area contributed by atoms with E-state index in [1.54, 1.807) is 0 Å². The number of hydrogen-bond donors (Lipinski definition) is 1. The van der Waals surface area contributed by atoms with Crippen LogP contribution in [0, 0.1) is 0 Å². The van der Waals surface area contributed by atoms with Crippen molar-refractivity contribution in [2.75, 3.05) is 14.2 Å². The van der Waals surface area contributed by atoms with Gasteiger partial charge in [-0.25, -0.2) is 0 Å². The highest BCUT2D eigenvalue weighted by molar-refractivity contribution is 5.69. The molecule has 0 unspecified atom stereocenters. The van der Waals surface area contributed by atoms with Crippen molar-refractivity contribution in [2.24, 2.45) is 0 Å². The van der Waals surface area contributed by atoms with Crippen LogP contribution in [-0.2, 0) is 19.1 Å². The van der Waals surface area contributed by atoms with E-state index >= 15 is 0 Å². The first-order valence-electron chi connectivity index (χ1n) is 5.91. The van der Waals surface area contributed by atoms with Gasteiger partial charge in [-0.15, -0.1) is 0 Å². The zero-order valence-corrected chi connectivity index (χ0v) is 10.6. The van der Waals surface area contributed by atoms with Crippen molar-refractivity contribution in [1.29, 1.82) is 0 Å². The number of unbranched alkanes of at least 4 members (excludes halogenated alkanes) is 3. The van der Waals surface area contributed by atoms with Crippen LogP contribution in [-0.4, -0.2) is 37.4 Å². The van der Waals surface area contributed by atoms with Gasteiger partial charge in [0.25, 0.3) is 0 Å². The van der Waals surface area contributed by atoms with E-state index in [1.165, 1.54) is 14.2 Å². The van der Waals surface area contributed by atoms with Gasteiger partial charge in [0.05, 0.1) is 26.7 Å². The highest BCUT2D eigenvalue weighted by Crippen LogP contribution is 2.10. The Bertz CT molecular complexity index is 227. The van der Waals surface area contributed by atoms with Crippen LogP contribution >= 0.6 is 0 Å². The average molecular weight is 246 g/mol. The van der Waals surface area contributed by atoms with E-state index in [1.807, 2.05) is 0 Å². The maximum absolute atomic E-state index is 10.8. The van der Waals surface area contributed by atoms with Gasteiger partial charge in [-0.2, -0.15) is 0 Å². The number of aliphatic hydroxyl groups excluding tert-OH is 1. The van der Waals surface area contributed by atoms with E-state index in [0.717, 1.165) is 25.7 Å². The molecule has 0 aliphatic heterocycles. The van der Waals surface area contributed by atoms with Crippen molar-refractivity contribution in [3.63, 3.8) is 0 Å². The van der Waals surface area contributed by atoms with Crippen molar-refractivity contribution in [3.8, 4) is 0 Å². The van der Waals surface area contributed by atoms with Crippen LogP contribution < -0.4 is 0 Å². The number of hydrogen-bond acceptors (Lipinski definition) is 5. The summed E-state index contributed by atoms with van der Waals surface area (Å²) in [6, 6.07) is 0. The van der Waals surface area contributed by atoms with Gasteiger partial charge in [-0.1, -0.05) is 19.3 Å². The van der Waals surface area contributed by atoms with Crippen LogP contribution in [0.4, 0.5) is 0 Å². The fourth-order valence-corrected chi connectivity index (χ4v) is 1.48. The molecule has 0 heterocycles. The Hall–Kier alpha value is -1.10. The van der Waals surface area contributed by atoms with E-state index < -0.39 is 6.10 Å². The molecular weight excluding hydrogens is 224 g/mol. The van der Waals surface area contributed by atoms with Gasteiger partial charge in [-0.3, -0.25) is 9.59 Å². The van der Waals surface area contributed by atoms with Gasteiger partial charge in [-0.05, 0) is 12.8 Å². The Balaban J connectivity index is 3.33. The average Bonchev–Trinajstić information content (AvgIpc) is 2.32. The summed E-state index contributed by atoms with van der Waals surface area (Å²) >= 11 is 0. The summed E-state index contributed by atoms with van der Waals surface area (Å²) in [7, 11) is 2.69. The molecule has 0 spiro atoms. The molecule has 1 N–H and O–H groups in total. The van der Waals surface area contributed by atoms with Crippen molar-refractivity contribution in [1.82, 2.24) is 0 Å². The van der Waals surface area contributed by atoms with Crippen LogP contribution in [0.5, 0.6) is 0 Å². The Morgan fingerprint density at radius 3 is 2.18 bits per heavy atom. The maximum Gasteiger partial charge on any atom is 0.308 e. The quantitative estimate of drug-likeness (QED) is 0.492. The van der Waals surface area contributed by atoms with Crippen LogP contribution in [0.3, 0.4) is 0 Å². The lowest BCUT2D eigenvalue weighted by molar-refractivity contribution is -0.143. The van der Waals surface area contributed by atoms with E-state index in [2.05, 4.69) is 9.47 Å². The second kappa shape index (κ2) is 10.1. The second-order valence-electron chi connectivity index (χ2n) is 3.96. The van der Waals surface area contributed by atoms with Gasteiger partial charge >= 0.3 is 11.9 Å². The number of aliphatic hydroxyl groups is 1. The molecule has 0 aromatic heterocycles. The molecule has 0 bridgehead atoms. The molecule has 0 aliphatic rings. The molecular formula is C12H22O5. The van der Waals surface area contributed by atoms with Crippen molar-refractivity contribution < 1.29 is 24.2 Å². The maximum atomic E-state index is 10.8. The van der Waals surface area contributed by atoms with Crippen molar-refractivity contribution >= 4 is 11.9 Å². The number of ether oxygens (including phenoxy) is 2. The van der Waals surface area contributed by atoms with Crippen LogP contribution in [0.25, 0.3) is 0 Å². The predicted octanol–water partition coefficient (Wildman–Crippen LogP) is 1.42. The minimum Gasteiger partial charge on any atom is -0.469 e. The molecule has 0 aliphatic carbocycles. The summed E-state index contributed by atoms with van der Waals surface area (Å²) in [5, 5.41) is 9.46. The smallest absolute Gasteiger partial charge is 0.308 e. The molecule has 0 saturated heterocycles. The molecule has 0 fully saturated rings. The van der Waals surface area contributed by atoms with Gasteiger partial charge in [0, 0.05) is 6.42 Å². The first-order valence-corrected chi connectivity index (χ1v) is 5.91. The number of carbonyl (C=O) groups is 2. The Labute approximate surface area is 102 Å². The third kappa shape index (κ3) is 9.81. The summed E-state index contributed by atoms with van der Waals surface area (Å²) in [5.74, 6) is -0.570. The first-order chi connectivity index (χ1) is 8.10. The van der Waals surface area contributed by atoms with Crippen LogP contribution in [0.2, 0.25) is 0 Å². The second-order valence-corrected chi connectivity index (χ2v) is 3.96. The van der Waals surface area contributed by atoms with Gasteiger partial charge < -0.3 is 14.6 Å². The largest absolute Gasteiger partial charge is 0.469 e. The molecule has 0 saturated carbocycles. The third-order valence-electron chi connectivity index (χ3n) is 2.53. The molecule has 1 atom stereocenters. The molecule has 0 aromatic carbocycles. The molecule has 0 radical (unpaired) electrons. The number of esters is 2. The molecule has 0 rings (SSSR count). The van der Waals surface area contributed by atoms with Crippen molar-refractivity contribution in [3.05, 3.63) is 0 Å². The van der Waals surface area contributed by atoms with E-state index in [4.69, 9.17) is 0 Å². The molecule has 5 nitrogen and oxygen atoms in total. The standard InChI is InChI=1S/C12H22O5/c1-16-11(14)8-6-4-3-5-7-10(13)9-12(15)17-2/h10,13H,3-9H2,1-2H3/t10-/m1/s1. The minimum atomic E-state index is -0.622. The van der Waals surface area contributed by atoms with E-state index in [9.17, 15) is 14.7 Å². The lowest BCUT2D eigenvalue weighted by atomic mass is 10.1. The molecule has 100 valence electrons. The molecule has 17 heavy (non-hydrogen) atoms. The summed E-state index contributed by atoms with van der Waals surface area (Å²) < 4.78 is 8.97. The normalized spacial score (nSPS) is 11.9. The first kappa shape index (κ1) is 15.9. The predicted molar refractivity (Wildman–Crippen MR) is 62.4 cm³/mol. The Kier molecular flexibility index (Phi) is 9.43. The van der Waals surface area contributed by atoms with Gasteiger partial charge in [0.15, 0.2) is 0 Å². The minimum absolute atomic E-state index is 0.0542. The van der Waals surface area contributed by atoms with Gasteiger partial charge in [0.2, 0.25) is 0 Å². The fraction of sp³-hybridized carbons (Fsp3) is 0.833. The number of rotatable bonds is 9. The molecule has 0 amide bonds. The molecule has 0 aromatic rings. The summed E-state index contributed by atoms with van der Waals surface area (Å²) in [5.41, 5.74) is 0. The topological polar surface area (TPSA) is 72.8 Å². The zero-order chi connectivity index (χ0) is 13.1. The monoisotopic (exact) mass is 246 g/mol. The van der Waals surface area contributed by atoms with Crippen molar-refractivity contribution in [2.45, 2.75) is 51.0 Å². The molecule has 5 heteroatoms. The lowest BCUT2D eigenvalue weighted by Crippen LogP contribution is -2.14. The lowest BCUT2D eigenvalue weighted by Gasteiger charge is -2.08. The Morgan fingerprint density at radius 2 is 1.59 bits per heavy atom. The van der Waals surface area contributed by atoms with E-state index in [-0.39, 0.29) is 18.4 Å². The highest BCUT2D eigenvalue weighted by Gasteiger charge is 2.10.